The molecule has 3 atom stereocenters. The number of carbonyl (C=O) groups excluding carboxylic acids is 2. The highest BCUT2D eigenvalue weighted by Crippen LogP contribution is 2.53. The number of amides is 2. The van der Waals surface area contributed by atoms with Gasteiger partial charge in [0.25, 0.3) is 5.91 Å². The summed E-state index contributed by atoms with van der Waals surface area (Å²) in [5, 5.41) is 9.81. The number of fused-ring (bicyclic) bond motifs is 2. The molecular weight excluding hydrogens is 328 g/mol. The number of rotatable bonds is 7. The minimum absolute atomic E-state index is 0.000752. The molecule has 6 heteroatoms. The molecule has 2 amide bonds. The summed E-state index contributed by atoms with van der Waals surface area (Å²) in [7, 11) is 0. The third-order valence-corrected chi connectivity index (χ3v) is 6.01. The lowest BCUT2D eigenvalue weighted by molar-refractivity contribution is -0.133. The molecule has 2 aliphatic heterocycles. The van der Waals surface area contributed by atoms with Gasteiger partial charge in [0, 0.05) is 24.8 Å². The van der Waals surface area contributed by atoms with Gasteiger partial charge in [-0.05, 0) is 43.9 Å². The molecule has 0 unspecified atom stereocenters. The van der Waals surface area contributed by atoms with Gasteiger partial charge in [-0.3, -0.25) is 14.7 Å². The van der Waals surface area contributed by atoms with Crippen molar-refractivity contribution in [3.05, 3.63) is 18.0 Å². The van der Waals surface area contributed by atoms with E-state index in [2.05, 4.69) is 43.2 Å². The van der Waals surface area contributed by atoms with Gasteiger partial charge in [-0.15, -0.1) is 0 Å². The first-order valence-electron chi connectivity index (χ1n) is 9.95. The van der Waals surface area contributed by atoms with E-state index in [0.717, 1.165) is 32.1 Å². The van der Waals surface area contributed by atoms with Gasteiger partial charge in [0.1, 0.15) is 0 Å². The highest BCUT2D eigenvalue weighted by Gasteiger charge is 2.60. The summed E-state index contributed by atoms with van der Waals surface area (Å²) in [5.74, 6) is 1.11. The molecule has 2 bridgehead atoms. The highest BCUT2D eigenvalue weighted by atomic mass is 16.2. The third-order valence-electron chi connectivity index (χ3n) is 6.01. The largest absolute Gasteiger partial charge is 0.355 e. The van der Waals surface area contributed by atoms with Crippen LogP contribution < -0.4 is 5.32 Å². The summed E-state index contributed by atoms with van der Waals surface area (Å²) in [6.45, 7) is 9.30. The fourth-order valence-electron chi connectivity index (χ4n) is 4.65. The number of hydrogen-bond acceptors (Lipinski definition) is 3. The van der Waals surface area contributed by atoms with Crippen molar-refractivity contribution >= 4 is 11.8 Å². The Morgan fingerprint density at radius 1 is 1.31 bits per heavy atom. The molecule has 144 valence electrons. The van der Waals surface area contributed by atoms with Crippen molar-refractivity contribution in [2.24, 2.45) is 17.3 Å². The van der Waals surface area contributed by atoms with Crippen LogP contribution in [0.3, 0.4) is 0 Å². The fourth-order valence-corrected chi connectivity index (χ4v) is 4.65. The zero-order valence-corrected chi connectivity index (χ0v) is 16.4. The first kappa shape index (κ1) is 18.9. The van der Waals surface area contributed by atoms with E-state index in [9.17, 15) is 9.59 Å². The van der Waals surface area contributed by atoms with Gasteiger partial charge in [-0.1, -0.05) is 27.7 Å². The molecule has 1 aromatic rings. The Labute approximate surface area is 156 Å². The number of hydrogen-bond donors (Lipinski definition) is 2. The Morgan fingerprint density at radius 2 is 2.08 bits per heavy atom. The molecule has 1 aromatic heterocycles. The van der Waals surface area contributed by atoms with Crippen LogP contribution in [0.15, 0.2) is 12.4 Å². The molecule has 3 heterocycles. The summed E-state index contributed by atoms with van der Waals surface area (Å²) < 4.78 is 0. The van der Waals surface area contributed by atoms with Gasteiger partial charge in [0.2, 0.25) is 5.91 Å². The third kappa shape index (κ3) is 3.38. The molecule has 0 saturated carbocycles. The second kappa shape index (κ2) is 7.41. The zero-order chi connectivity index (χ0) is 18.9. The second-order valence-electron chi connectivity index (χ2n) is 8.84. The number of aromatic nitrogens is 2. The molecule has 2 fully saturated rings. The predicted molar refractivity (Wildman–Crippen MR) is 101 cm³/mol. The van der Waals surface area contributed by atoms with Gasteiger partial charge < -0.3 is 10.2 Å². The maximum Gasteiger partial charge on any atom is 0.257 e. The lowest BCUT2D eigenvalue weighted by Crippen LogP contribution is -2.50. The fraction of sp³-hybridized carbons (Fsp3) is 0.750. The van der Waals surface area contributed by atoms with E-state index in [1.165, 1.54) is 0 Å². The van der Waals surface area contributed by atoms with Crippen molar-refractivity contribution < 1.29 is 9.59 Å². The minimum atomic E-state index is -0.443. The van der Waals surface area contributed by atoms with Crippen LogP contribution in [0.4, 0.5) is 0 Å². The average molecular weight is 361 g/mol. The molecule has 0 spiro atoms. The topological polar surface area (TPSA) is 78.1 Å². The Kier molecular flexibility index (Phi) is 5.39. The van der Waals surface area contributed by atoms with Gasteiger partial charge in [-0.2, -0.15) is 5.10 Å². The molecule has 2 aliphatic rings. The molecule has 0 aliphatic carbocycles. The quantitative estimate of drug-likeness (QED) is 0.785. The minimum Gasteiger partial charge on any atom is -0.355 e. The maximum atomic E-state index is 13.3. The monoisotopic (exact) mass is 360 g/mol. The van der Waals surface area contributed by atoms with Crippen molar-refractivity contribution in [1.82, 2.24) is 20.4 Å². The number of aromatic amines is 1. The number of nitrogens with zero attached hydrogens (tertiary/aromatic N) is 2. The number of nitrogens with one attached hydrogen (secondary N) is 2. The first-order chi connectivity index (χ1) is 12.3. The van der Waals surface area contributed by atoms with E-state index >= 15 is 0 Å². The Hall–Kier alpha value is -1.85. The maximum absolute atomic E-state index is 13.3. The smallest absolute Gasteiger partial charge is 0.257 e. The first-order valence-corrected chi connectivity index (χ1v) is 9.95. The van der Waals surface area contributed by atoms with Crippen molar-refractivity contribution in [2.45, 2.75) is 71.9 Å². The van der Waals surface area contributed by atoms with Gasteiger partial charge in [0.05, 0.1) is 17.2 Å². The van der Waals surface area contributed by atoms with Gasteiger partial charge in [0.15, 0.2) is 0 Å². The molecule has 3 rings (SSSR count). The summed E-state index contributed by atoms with van der Waals surface area (Å²) in [6.07, 6.45) is 7.79. The van der Waals surface area contributed by atoms with E-state index in [4.69, 9.17) is 0 Å². The van der Waals surface area contributed by atoms with Crippen LogP contribution in [0.1, 0.15) is 70.2 Å². The lowest BCUT2D eigenvalue weighted by Gasteiger charge is -2.37. The Bertz CT molecular complexity index is 640. The van der Waals surface area contributed by atoms with E-state index in [1.54, 1.807) is 12.4 Å². The Balaban J connectivity index is 1.85. The van der Waals surface area contributed by atoms with Crippen molar-refractivity contribution in [2.75, 3.05) is 6.54 Å². The summed E-state index contributed by atoms with van der Waals surface area (Å²) in [6, 6.07) is 0.167. The van der Waals surface area contributed by atoms with Crippen molar-refractivity contribution in [3.8, 4) is 0 Å². The summed E-state index contributed by atoms with van der Waals surface area (Å²) in [5.41, 5.74) is 0.144. The highest BCUT2D eigenvalue weighted by molar-refractivity contribution is 5.96. The SMILES string of the molecule is CC(C)CC[C@]1(C(=O)NCC(C)C)C[C@H]2CC[C@@H]1N2C(=O)c1cn[nH]c1. The molecule has 0 radical (unpaired) electrons. The second-order valence-corrected chi connectivity index (χ2v) is 8.84. The lowest BCUT2D eigenvalue weighted by atomic mass is 9.69. The van der Waals surface area contributed by atoms with E-state index < -0.39 is 5.41 Å². The van der Waals surface area contributed by atoms with Crippen LogP contribution in [-0.4, -0.2) is 45.5 Å². The van der Waals surface area contributed by atoms with Crippen molar-refractivity contribution in [3.63, 3.8) is 0 Å². The van der Waals surface area contributed by atoms with Crippen molar-refractivity contribution in [1.29, 1.82) is 0 Å². The molecule has 0 aromatic carbocycles. The summed E-state index contributed by atoms with van der Waals surface area (Å²) >= 11 is 0. The zero-order valence-electron chi connectivity index (χ0n) is 16.4. The molecule has 2 saturated heterocycles. The molecular formula is C20H32N4O2. The normalized spacial score (nSPS) is 27.5. The molecule has 2 N–H and O–H groups in total. The summed E-state index contributed by atoms with van der Waals surface area (Å²) in [4.78, 5) is 28.3. The number of H-pyrrole nitrogens is 1. The molecule has 6 nitrogen and oxygen atoms in total. The van der Waals surface area contributed by atoms with Crippen LogP contribution in [0.5, 0.6) is 0 Å². The van der Waals surface area contributed by atoms with Crippen LogP contribution in [0, 0.1) is 17.3 Å². The molecule has 26 heavy (non-hydrogen) atoms. The standard InChI is InChI=1S/C20H32N4O2/c1-13(2)7-8-20(19(26)21-10-14(3)4)9-16-5-6-17(20)24(16)18(25)15-11-22-23-12-15/h11-14,16-17H,5-10H2,1-4H3,(H,21,26)(H,22,23)/t16-,17+,20+/m1/s1. The van der Waals surface area contributed by atoms with Gasteiger partial charge in [-0.25, -0.2) is 0 Å². The van der Waals surface area contributed by atoms with Gasteiger partial charge >= 0.3 is 0 Å². The van der Waals surface area contributed by atoms with E-state index in [1.807, 2.05) is 4.90 Å². The van der Waals surface area contributed by atoms with Crippen LogP contribution in [-0.2, 0) is 4.79 Å². The predicted octanol–water partition coefficient (Wildman–Crippen LogP) is 2.98. The van der Waals surface area contributed by atoms with Crippen LogP contribution in [0.25, 0.3) is 0 Å². The van der Waals surface area contributed by atoms with E-state index in [0.29, 0.717) is 23.9 Å². The Morgan fingerprint density at radius 3 is 2.69 bits per heavy atom. The average Bonchev–Trinajstić information content (AvgIpc) is 3.32. The number of carbonyl (C=O) groups is 2. The van der Waals surface area contributed by atoms with Crippen LogP contribution >= 0.6 is 0 Å². The van der Waals surface area contributed by atoms with E-state index in [-0.39, 0.29) is 23.9 Å². The van der Waals surface area contributed by atoms with Crippen LogP contribution in [0.2, 0.25) is 0 Å².